The molecule has 2 fully saturated rings. The Balaban J connectivity index is 1.33. The molecule has 5 nitrogen and oxygen atoms in total. The lowest BCUT2D eigenvalue weighted by Crippen LogP contribution is -2.35. The van der Waals surface area contributed by atoms with Gasteiger partial charge in [0.05, 0.1) is 12.1 Å². The molecule has 1 aromatic heterocycles. The van der Waals surface area contributed by atoms with Gasteiger partial charge in [-0.1, -0.05) is 56.4 Å². The average molecular weight is 535 g/mol. The fraction of sp³-hybridized carbons (Fsp3) is 0.467. The zero-order valence-corrected chi connectivity index (χ0v) is 23.5. The summed E-state index contributed by atoms with van der Waals surface area (Å²) in [4.78, 5) is 27.4. The van der Waals surface area contributed by atoms with E-state index in [0.29, 0.717) is 22.8 Å². The minimum Gasteiger partial charge on any atom is -0.497 e. The third-order valence-electron chi connectivity index (χ3n) is 8.50. The monoisotopic (exact) mass is 534 g/mol. The molecule has 6 rings (SSSR count). The van der Waals surface area contributed by atoms with Gasteiger partial charge in [-0.3, -0.25) is 14.2 Å². The second-order valence-electron chi connectivity index (χ2n) is 11.7. The molecule has 4 unspecified atom stereocenters. The molecular weight excluding hydrogens is 500 g/mol. The number of ether oxygens (including phenoxy) is 1. The Kier molecular flexibility index (Phi) is 6.27. The van der Waals surface area contributed by atoms with E-state index >= 15 is 0 Å². The van der Waals surface area contributed by atoms with Crippen LogP contribution in [-0.2, 0) is 16.8 Å². The molecule has 0 saturated heterocycles. The Morgan fingerprint density at radius 3 is 2.43 bits per heavy atom. The minimum atomic E-state index is -0.186. The number of carbonyl (C=O) groups is 1. The van der Waals surface area contributed by atoms with Gasteiger partial charge in [0.1, 0.15) is 12.3 Å². The smallest absolute Gasteiger partial charge is 0.308 e. The van der Waals surface area contributed by atoms with Crippen LogP contribution >= 0.6 is 23.1 Å². The van der Waals surface area contributed by atoms with Crippen molar-refractivity contribution in [1.82, 2.24) is 4.57 Å². The van der Waals surface area contributed by atoms with E-state index in [2.05, 4.69) is 50.4 Å². The van der Waals surface area contributed by atoms with Crippen molar-refractivity contribution < 1.29 is 9.53 Å². The van der Waals surface area contributed by atoms with Gasteiger partial charge in [-0.05, 0) is 77.8 Å². The van der Waals surface area contributed by atoms with Crippen molar-refractivity contribution in [3.63, 3.8) is 0 Å². The molecular formula is C30H34N2O3S2. The van der Waals surface area contributed by atoms with Crippen molar-refractivity contribution in [3.8, 4) is 5.75 Å². The number of benzene rings is 2. The van der Waals surface area contributed by atoms with Crippen LogP contribution in [0.1, 0.15) is 62.0 Å². The topological polar surface area (TPSA) is 60.3 Å². The van der Waals surface area contributed by atoms with Gasteiger partial charge < -0.3 is 10.1 Å². The number of hydrogen-bond acceptors (Lipinski definition) is 5. The summed E-state index contributed by atoms with van der Waals surface area (Å²) in [5.74, 6) is 2.78. The van der Waals surface area contributed by atoms with Gasteiger partial charge >= 0.3 is 4.87 Å². The quantitative estimate of drug-likeness (QED) is 0.406. The van der Waals surface area contributed by atoms with Crippen LogP contribution < -0.4 is 14.9 Å². The van der Waals surface area contributed by atoms with Crippen molar-refractivity contribution in [3.05, 3.63) is 74.2 Å². The number of anilines is 1. The number of nitrogens with zero attached hydrogens (tertiary/aromatic N) is 1. The summed E-state index contributed by atoms with van der Waals surface area (Å²) >= 11 is 3.22. The van der Waals surface area contributed by atoms with E-state index in [1.165, 1.54) is 41.7 Å². The lowest BCUT2D eigenvalue weighted by Gasteiger charge is -2.40. The maximum absolute atomic E-state index is 13.3. The molecule has 2 aromatic carbocycles. The van der Waals surface area contributed by atoms with Crippen LogP contribution in [0.4, 0.5) is 5.69 Å². The highest BCUT2D eigenvalue weighted by Crippen LogP contribution is 2.64. The number of methoxy groups -OCH3 is 1. The van der Waals surface area contributed by atoms with E-state index in [0.717, 1.165) is 21.6 Å². The average Bonchev–Trinajstić information content (AvgIpc) is 3.57. The third kappa shape index (κ3) is 4.44. The molecule has 1 amide bonds. The third-order valence-corrected chi connectivity index (χ3v) is 11.3. The zero-order valence-electron chi connectivity index (χ0n) is 21.8. The summed E-state index contributed by atoms with van der Waals surface area (Å²) in [6.07, 6.45) is 3.89. The first kappa shape index (κ1) is 24.8. The summed E-state index contributed by atoms with van der Waals surface area (Å²) in [6, 6.07) is 16.4. The molecule has 7 heteroatoms. The van der Waals surface area contributed by atoms with E-state index in [1.54, 1.807) is 11.7 Å². The number of thioether (sulfide) groups is 1. The van der Waals surface area contributed by atoms with Crippen LogP contribution in [-0.4, -0.2) is 22.8 Å². The second-order valence-corrected chi connectivity index (χ2v) is 13.9. The van der Waals surface area contributed by atoms with Gasteiger partial charge in [0, 0.05) is 21.7 Å². The molecule has 0 radical (unpaired) electrons. The molecule has 1 N–H and O–H groups in total. The van der Waals surface area contributed by atoms with Crippen LogP contribution in [0.15, 0.2) is 58.4 Å². The normalized spacial score (nSPS) is 26.0. The molecule has 1 aliphatic heterocycles. The predicted molar refractivity (Wildman–Crippen MR) is 151 cm³/mol. The Morgan fingerprint density at radius 1 is 1.05 bits per heavy atom. The van der Waals surface area contributed by atoms with Crippen molar-refractivity contribution in [2.24, 2.45) is 17.8 Å². The fourth-order valence-electron chi connectivity index (χ4n) is 6.67. The van der Waals surface area contributed by atoms with Crippen LogP contribution in [0.5, 0.6) is 5.75 Å². The molecule has 37 heavy (non-hydrogen) atoms. The van der Waals surface area contributed by atoms with Gasteiger partial charge in [0.2, 0.25) is 5.91 Å². The molecule has 3 aliphatic rings. The largest absolute Gasteiger partial charge is 0.497 e. The molecule has 0 spiro atoms. The van der Waals surface area contributed by atoms with Gasteiger partial charge in [0.25, 0.3) is 0 Å². The summed E-state index contributed by atoms with van der Waals surface area (Å²) in [5.41, 5.74) is 3.44. The Labute approximate surface area is 226 Å². The molecule has 2 saturated carbocycles. The Bertz CT molecular complexity index is 1370. The lowest BCUT2D eigenvalue weighted by molar-refractivity contribution is -0.116. The van der Waals surface area contributed by atoms with E-state index < -0.39 is 0 Å². The number of thiazole rings is 1. The molecule has 2 bridgehead atoms. The maximum Gasteiger partial charge on any atom is 0.308 e. The number of nitrogens with one attached hydrogen (secondary N) is 1. The molecule has 5 atom stereocenters. The minimum absolute atomic E-state index is 0.0326. The molecule has 2 aliphatic carbocycles. The van der Waals surface area contributed by atoms with Gasteiger partial charge in [-0.2, -0.15) is 0 Å². The highest BCUT2D eigenvalue weighted by Gasteiger charge is 2.55. The molecule has 2 heterocycles. The molecule has 3 aromatic rings. The summed E-state index contributed by atoms with van der Waals surface area (Å²) < 4.78 is 6.93. The summed E-state index contributed by atoms with van der Waals surface area (Å²) in [7, 11) is 1.62. The van der Waals surface area contributed by atoms with Crippen molar-refractivity contribution >= 4 is 34.7 Å². The lowest BCUT2D eigenvalue weighted by atomic mass is 9.74. The first-order chi connectivity index (χ1) is 17.7. The summed E-state index contributed by atoms with van der Waals surface area (Å²) in [5, 5.41) is 4.47. The van der Waals surface area contributed by atoms with E-state index in [1.807, 2.05) is 36.0 Å². The van der Waals surface area contributed by atoms with Gasteiger partial charge in [-0.25, -0.2) is 0 Å². The maximum atomic E-state index is 13.3. The highest BCUT2D eigenvalue weighted by atomic mass is 32.2. The Hall–Kier alpha value is -2.51. The van der Waals surface area contributed by atoms with Crippen molar-refractivity contribution in [1.29, 1.82) is 0 Å². The van der Waals surface area contributed by atoms with E-state index in [-0.39, 0.29) is 28.7 Å². The highest BCUT2D eigenvalue weighted by molar-refractivity contribution is 8.00. The van der Waals surface area contributed by atoms with Crippen LogP contribution in [0, 0.1) is 17.8 Å². The van der Waals surface area contributed by atoms with Crippen LogP contribution in [0.2, 0.25) is 0 Å². The first-order valence-electron chi connectivity index (χ1n) is 13.2. The van der Waals surface area contributed by atoms with Crippen LogP contribution in [0.25, 0.3) is 0 Å². The number of fused-ring (bicyclic) bond motifs is 6. The second kappa shape index (κ2) is 9.35. The van der Waals surface area contributed by atoms with Crippen molar-refractivity contribution in [2.45, 2.75) is 68.2 Å². The Morgan fingerprint density at radius 2 is 1.76 bits per heavy atom. The number of rotatable bonds is 5. The standard InChI is InChI=1S/C30H34N2O3S2/c1-30(2,3)20-9-7-17(8-10-20)24-25-18-5-6-19(15-18)26(25)36-28-27(24)37-29(34)32(28)16-23(33)31-21-11-13-22(35-4)14-12-21/h7-14,18-19,24-26H,5-6,15-16H2,1-4H3,(H,31,33)/t18?,19?,24-,25?,26?/m1/s1. The van der Waals surface area contributed by atoms with Crippen LogP contribution in [0.3, 0.4) is 0 Å². The van der Waals surface area contributed by atoms with E-state index in [9.17, 15) is 9.59 Å². The SMILES string of the molecule is COc1ccc(NC(=O)Cn2c3c(sc2=O)[C@H](c2ccc(C(C)(C)C)cc2)C2C4CCC(C4)C2S3)cc1. The van der Waals surface area contributed by atoms with E-state index in [4.69, 9.17) is 4.74 Å². The molecule has 194 valence electrons. The number of amides is 1. The zero-order chi connectivity index (χ0) is 25.9. The fourth-order valence-corrected chi connectivity index (χ4v) is 9.82. The number of carbonyl (C=O) groups excluding carboxylic acids is 1. The number of aromatic nitrogens is 1. The number of hydrogen-bond donors (Lipinski definition) is 1. The first-order valence-corrected chi connectivity index (χ1v) is 14.9. The van der Waals surface area contributed by atoms with Gasteiger partial charge in [0.15, 0.2) is 0 Å². The van der Waals surface area contributed by atoms with Crippen molar-refractivity contribution in [2.75, 3.05) is 12.4 Å². The summed E-state index contributed by atoms with van der Waals surface area (Å²) in [6.45, 7) is 6.76. The predicted octanol–water partition coefficient (Wildman–Crippen LogP) is 6.51. The van der Waals surface area contributed by atoms with Gasteiger partial charge in [-0.15, -0.1) is 11.8 Å².